The predicted octanol–water partition coefficient (Wildman–Crippen LogP) is 2.61. The minimum absolute atomic E-state index is 0.0744. The minimum atomic E-state index is -1.08. The SMILES string of the molecule is O=C(CN1C(=O)CC2(CCCCC2)C1=O)Nc1ccc(F)c(F)c1. The molecule has 1 saturated heterocycles. The number of carbonyl (C=O) groups excluding carboxylic acids is 3. The Morgan fingerprint density at radius 3 is 2.50 bits per heavy atom. The normalized spacial score (nSPS) is 19.8. The molecular formula is C17H18F2N2O3. The van der Waals surface area contributed by atoms with Crippen molar-refractivity contribution in [1.82, 2.24) is 4.90 Å². The lowest BCUT2D eigenvalue weighted by molar-refractivity contribution is -0.144. The van der Waals surface area contributed by atoms with Gasteiger partial charge in [-0.05, 0) is 25.0 Å². The monoisotopic (exact) mass is 336 g/mol. The van der Waals surface area contributed by atoms with Crippen LogP contribution in [-0.4, -0.2) is 29.2 Å². The average molecular weight is 336 g/mol. The number of halogens is 2. The van der Waals surface area contributed by atoms with E-state index in [9.17, 15) is 23.2 Å². The zero-order valence-corrected chi connectivity index (χ0v) is 13.1. The molecule has 0 atom stereocenters. The van der Waals surface area contributed by atoms with E-state index < -0.39 is 29.5 Å². The van der Waals surface area contributed by atoms with Crippen molar-refractivity contribution in [2.75, 3.05) is 11.9 Å². The predicted molar refractivity (Wildman–Crippen MR) is 81.8 cm³/mol. The van der Waals surface area contributed by atoms with Crippen LogP contribution in [0.2, 0.25) is 0 Å². The summed E-state index contributed by atoms with van der Waals surface area (Å²) in [6.45, 7) is -0.404. The third kappa shape index (κ3) is 3.02. The van der Waals surface area contributed by atoms with Gasteiger partial charge in [0.25, 0.3) is 0 Å². The summed E-state index contributed by atoms with van der Waals surface area (Å²) in [7, 11) is 0. The lowest BCUT2D eigenvalue weighted by atomic mass is 9.73. The Hall–Kier alpha value is -2.31. The second kappa shape index (κ2) is 6.30. The molecule has 2 fully saturated rings. The lowest BCUT2D eigenvalue weighted by Gasteiger charge is -2.30. The maximum absolute atomic E-state index is 13.2. The number of hydrogen-bond donors (Lipinski definition) is 1. The highest BCUT2D eigenvalue weighted by Crippen LogP contribution is 2.45. The van der Waals surface area contributed by atoms with Gasteiger partial charge in [0.15, 0.2) is 11.6 Å². The summed E-state index contributed by atoms with van der Waals surface area (Å²) in [5.41, 5.74) is -0.567. The molecular weight excluding hydrogens is 318 g/mol. The van der Waals surface area contributed by atoms with E-state index in [0.29, 0.717) is 12.8 Å². The van der Waals surface area contributed by atoms with E-state index in [1.807, 2.05) is 0 Å². The highest BCUT2D eigenvalue weighted by atomic mass is 19.2. The van der Waals surface area contributed by atoms with E-state index in [1.54, 1.807) is 0 Å². The van der Waals surface area contributed by atoms with Crippen molar-refractivity contribution in [2.45, 2.75) is 38.5 Å². The fourth-order valence-electron chi connectivity index (χ4n) is 3.56. The maximum atomic E-state index is 13.2. The first-order chi connectivity index (χ1) is 11.4. The largest absolute Gasteiger partial charge is 0.324 e. The molecule has 7 heteroatoms. The van der Waals surface area contributed by atoms with Crippen LogP contribution in [0.4, 0.5) is 14.5 Å². The molecule has 1 N–H and O–H groups in total. The van der Waals surface area contributed by atoms with Gasteiger partial charge < -0.3 is 5.32 Å². The van der Waals surface area contributed by atoms with Crippen LogP contribution in [0, 0.1) is 17.0 Å². The van der Waals surface area contributed by atoms with Crippen LogP contribution >= 0.6 is 0 Å². The van der Waals surface area contributed by atoms with Gasteiger partial charge in [-0.3, -0.25) is 19.3 Å². The van der Waals surface area contributed by atoms with Crippen LogP contribution in [0.3, 0.4) is 0 Å². The summed E-state index contributed by atoms with van der Waals surface area (Å²) in [5, 5.41) is 2.38. The summed E-state index contributed by atoms with van der Waals surface area (Å²) in [4.78, 5) is 37.8. The molecule has 1 spiro atoms. The minimum Gasteiger partial charge on any atom is -0.324 e. The van der Waals surface area contributed by atoms with Crippen molar-refractivity contribution in [3.63, 3.8) is 0 Å². The smallest absolute Gasteiger partial charge is 0.244 e. The molecule has 24 heavy (non-hydrogen) atoms. The Morgan fingerprint density at radius 2 is 1.83 bits per heavy atom. The summed E-state index contributed by atoms with van der Waals surface area (Å²) >= 11 is 0. The molecule has 1 aliphatic heterocycles. The van der Waals surface area contributed by atoms with Gasteiger partial charge in [-0.15, -0.1) is 0 Å². The van der Waals surface area contributed by atoms with Crippen LogP contribution < -0.4 is 5.32 Å². The molecule has 1 heterocycles. The number of nitrogens with zero attached hydrogens (tertiary/aromatic N) is 1. The van der Waals surface area contributed by atoms with Crippen molar-refractivity contribution < 1.29 is 23.2 Å². The number of amides is 3. The number of hydrogen-bond acceptors (Lipinski definition) is 3. The van der Waals surface area contributed by atoms with Gasteiger partial charge in [-0.1, -0.05) is 19.3 Å². The highest BCUT2D eigenvalue weighted by Gasteiger charge is 2.51. The van der Waals surface area contributed by atoms with Gasteiger partial charge in [0.1, 0.15) is 6.54 Å². The lowest BCUT2D eigenvalue weighted by Crippen LogP contribution is -2.41. The molecule has 0 radical (unpaired) electrons. The van der Waals surface area contributed by atoms with E-state index in [4.69, 9.17) is 0 Å². The number of anilines is 1. The first-order valence-corrected chi connectivity index (χ1v) is 8.01. The maximum Gasteiger partial charge on any atom is 0.244 e. The van der Waals surface area contributed by atoms with Crippen molar-refractivity contribution in [1.29, 1.82) is 0 Å². The Bertz CT molecular complexity index is 699. The van der Waals surface area contributed by atoms with Gasteiger partial charge in [0, 0.05) is 18.2 Å². The number of rotatable bonds is 3. The van der Waals surface area contributed by atoms with E-state index >= 15 is 0 Å². The molecule has 1 aromatic carbocycles. The zero-order valence-electron chi connectivity index (χ0n) is 13.1. The molecule has 1 saturated carbocycles. The summed E-state index contributed by atoms with van der Waals surface area (Å²) < 4.78 is 26.0. The van der Waals surface area contributed by atoms with Gasteiger partial charge in [0.05, 0.1) is 5.41 Å². The van der Waals surface area contributed by atoms with Gasteiger partial charge in [-0.2, -0.15) is 0 Å². The molecule has 3 rings (SSSR count). The summed E-state index contributed by atoms with van der Waals surface area (Å²) in [6, 6.07) is 2.96. The average Bonchev–Trinajstić information content (AvgIpc) is 2.76. The second-order valence-electron chi connectivity index (χ2n) is 6.48. The van der Waals surface area contributed by atoms with Crippen LogP contribution in [0.1, 0.15) is 38.5 Å². The van der Waals surface area contributed by atoms with E-state index in [-0.39, 0.29) is 23.9 Å². The molecule has 1 aliphatic carbocycles. The molecule has 2 aliphatic rings. The quantitative estimate of drug-likeness (QED) is 0.863. The number of likely N-dealkylation sites (tertiary alicyclic amines) is 1. The van der Waals surface area contributed by atoms with Gasteiger partial charge in [-0.25, -0.2) is 8.78 Å². The Kier molecular flexibility index (Phi) is 4.34. The van der Waals surface area contributed by atoms with Crippen LogP contribution in [0.25, 0.3) is 0 Å². The van der Waals surface area contributed by atoms with E-state index in [2.05, 4.69) is 5.32 Å². The first kappa shape index (κ1) is 16.5. The molecule has 0 bridgehead atoms. The third-order valence-electron chi connectivity index (χ3n) is 4.81. The standard InChI is InChI=1S/C17H18F2N2O3/c18-12-5-4-11(8-13(12)19)20-14(22)10-21-15(23)9-17(16(21)24)6-2-1-3-7-17/h4-5,8H,1-3,6-7,9-10H2,(H,20,22). The van der Waals surface area contributed by atoms with E-state index in [0.717, 1.165) is 36.3 Å². The molecule has 128 valence electrons. The third-order valence-corrected chi connectivity index (χ3v) is 4.81. The highest BCUT2D eigenvalue weighted by molar-refractivity contribution is 6.09. The van der Waals surface area contributed by atoms with Crippen molar-refractivity contribution in [2.24, 2.45) is 5.41 Å². The van der Waals surface area contributed by atoms with Crippen molar-refractivity contribution in [3.05, 3.63) is 29.8 Å². The number of imide groups is 1. The van der Waals surface area contributed by atoms with E-state index in [1.165, 1.54) is 6.07 Å². The van der Waals surface area contributed by atoms with Crippen molar-refractivity contribution >= 4 is 23.4 Å². The first-order valence-electron chi connectivity index (χ1n) is 8.01. The van der Waals surface area contributed by atoms with Crippen LogP contribution in [0.15, 0.2) is 18.2 Å². The number of carbonyl (C=O) groups is 3. The van der Waals surface area contributed by atoms with Crippen molar-refractivity contribution in [3.8, 4) is 0 Å². The fraction of sp³-hybridized carbons (Fsp3) is 0.471. The summed E-state index contributed by atoms with van der Waals surface area (Å²) in [6.07, 6.45) is 4.39. The second-order valence-corrected chi connectivity index (χ2v) is 6.48. The molecule has 5 nitrogen and oxygen atoms in total. The Morgan fingerprint density at radius 1 is 1.12 bits per heavy atom. The zero-order chi connectivity index (χ0) is 17.3. The van der Waals surface area contributed by atoms with Crippen LogP contribution in [-0.2, 0) is 14.4 Å². The summed E-state index contributed by atoms with van der Waals surface area (Å²) in [5.74, 6) is -3.34. The molecule has 1 aromatic rings. The fourth-order valence-corrected chi connectivity index (χ4v) is 3.56. The topological polar surface area (TPSA) is 66.5 Å². The van der Waals surface area contributed by atoms with Gasteiger partial charge in [0.2, 0.25) is 17.7 Å². The number of benzene rings is 1. The molecule has 0 unspecified atom stereocenters. The van der Waals surface area contributed by atoms with Gasteiger partial charge >= 0.3 is 0 Å². The Balaban J connectivity index is 1.66. The molecule has 0 aromatic heterocycles. The number of nitrogens with one attached hydrogen (secondary N) is 1. The van der Waals surface area contributed by atoms with Crippen LogP contribution in [0.5, 0.6) is 0 Å². The Labute approximate surface area is 138 Å². The molecule has 3 amide bonds.